The summed E-state index contributed by atoms with van der Waals surface area (Å²) in [6, 6.07) is -0.977. The topological polar surface area (TPSA) is 104 Å². The minimum absolute atomic E-state index is 0.265. The van der Waals surface area contributed by atoms with Gasteiger partial charge in [-0.05, 0) is 44.9 Å². The third-order valence-corrected chi connectivity index (χ3v) is 8.39. The average Bonchev–Trinajstić information content (AvgIpc) is 2.94. The molecule has 0 radical (unpaired) electrons. The van der Waals surface area contributed by atoms with Crippen molar-refractivity contribution in [2.45, 2.75) is 174 Å². The van der Waals surface area contributed by atoms with Crippen molar-refractivity contribution in [2.24, 2.45) is 0 Å². The zero-order valence-corrected chi connectivity index (χ0v) is 27.9. The Morgan fingerprint density at radius 1 is 0.667 bits per heavy atom. The number of allylic oxidation sites excluding steroid dienone is 6. The standard InChI is InChI=1S/C35H65NO5S/c1-3-5-7-9-11-13-15-17-18-19-21-23-25-27-29-31-35(38)36-33(32-42(39,40)41)34(37)30-28-26-24-22-20-16-14-12-10-8-6-4-2/h5,7,11,13,17-18,33-34,37H,3-4,6,8-10,12,14-16,19-32H2,1-2H3,(H,36,38)(H,39,40,41)/b7-5-,13-11-,18-17-. The van der Waals surface area contributed by atoms with Crippen molar-refractivity contribution in [3.05, 3.63) is 36.5 Å². The highest BCUT2D eigenvalue weighted by atomic mass is 32.2. The van der Waals surface area contributed by atoms with Gasteiger partial charge in [-0.1, -0.05) is 147 Å². The van der Waals surface area contributed by atoms with Crippen LogP contribution in [0.15, 0.2) is 36.5 Å². The van der Waals surface area contributed by atoms with E-state index < -0.39 is 28.0 Å². The quantitative estimate of drug-likeness (QED) is 0.0426. The summed E-state index contributed by atoms with van der Waals surface area (Å²) in [6.45, 7) is 4.38. The van der Waals surface area contributed by atoms with E-state index in [1.54, 1.807) is 0 Å². The number of carbonyl (C=O) groups excluding carboxylic acids is 1. The molecule has 6 nitrogen and oxygen atoms in total. The smallest absolute Gasteiger partial charge is 0.266 e. The van der Waals surface area contributed by atoms with Crippen molar-refractivity contribution >= 4 is 16.0 Å². The van der Waals surface area contributed by atoms with Crippen molar-refractivity contribution in [3.8, 4) is 0 Å². The molecule has 246 valence electrons. The van der Waals surface area contributed by atoms with E-state index in [1.165, 1.54) is 57.8 Å². The van der Waals surface area contributed by atoms with Crippen LogP contribution in [-0.2, 0) is 14.9 Å². The van der Waals surface area contributed by atoms with E-state index in [4.69, 9.17) is 0 Å². The number of amides is 1. The number of aliphatic hydroxyl groups excluding tert-OH is 1. The molecule has 7 heteroatoms. The first-order chi connectivity index (χ1) is 20.3. The van der Waals surface area contributed by atoms with Gasteiger partial charge in [0.15, 0.2) is 0 Å². The molecule has 0 heterocycles. The van der Waals surface area contributed by atoms with E-state index >= 15 is 0 Å². The van der Waals surface area contributed by atoms with Gasteiger partial charge >= 0.3 is 0 Å². The summed E-state index contributed by atoms with van der Waals surface area (Å²) in [5, 5.41) is 13.3. The number of carbonyl (C=O) groups is 1. The largest absolute Gasteiger partial charge is 0.391 e. The van der Waals surface area contributed by atoms with E-state index in [1.807, 2.05) is 0 Å². The molecule has 0 bridgehead atoms. The fourth-order valence-corrected chi connectivity index (χ4v) is 5.81. The predicted octanol–water partition coefficient (Wildman–Crippen LogP) is 9.40. The Morgan fingerprint density at radius 2 is 1.14 bits per heavy atom. The van der Waals surface area contributed by atoms with Crippen LogP contribution >= 0.6 is 0 Å². The summed E-state index contributed by atoms with van der Waals surface area (Å²) in [4.78, 5) is 12.4. The van der Waals surface area contributed by atoms with Gasteiger partial charge < -0.3 is 10.4 Å². The first kappa shape index (κ1) is 40.6. The molecule has 0 rings (SSSR count). The molecule has 0 aromatic heterocycles. The van der Waals surface area contributed by atoms with Crippen molar-refractivity contribution < 1.29 is 22.9 Å². The maximum absolute atomic E-state index is 12.4. The summed E-state index contributed by atoms with van der Waals surface area (Å²) < 4.78 is 32.3. The maximum Gasteiger partial charge on any atom is 0.266 e. The van der Waals surface area contributed by atoms with Crippen molar-refractivity contribution in [1.82, 2.24) is 5.32 Å². The zero-order valence-electron chi connectivity index (χ0n) is 27.1. The van der Waals surface area contributed by atoms with Crippen LogP contribution in [-0.4, -0.2) is 41.9 Å². The fraction of sp³-hybridized carbons (Fsp3) is 0.800. The molecular formula is C35H65NO5S. The Hall–Kier alpha value is -1.44. The first-order valence-electron chi connectivity index (χ1n) is 17.2. The molecule has 2 unspecified atom stereocenters. The monoisotopic (exact) mass is 611 g/mol. The van der Waals surface area contributed by atoms with E-state index in [0.717, 1.165) is 77.0 Å². The minimum Gasteiger partial charge on any atom is -0.391 e. The van der Waals surface area contributed by atoms with Crippen molar-refractivity contribution in [2.75, 3.05) is 5.75 Å². The number of rotatable bonds is 30. The minimum atomic E-state index is -4.31. The summed E-state index contributed by atoms with van der Waals surface area (Å²) in [6.07, 6.45) is 36.6. The molecular weight excluding hydrogens is 546 g/mol. The van der Waals surface area contributed by atoms with Crippen LogP contribution in [0.3, 0.4) is 0 Å². The molecule has 1 amide bonds. The number of nitrogens with one attached hydrogen (secondary N) is 1. The molecule has 0 fully saturated rings. The van der Waals surface area contributed by atoms with Gasteiger partial charge in [0.2, 0.25) is 5.91 Å². The number of hydrogen-bond acceptors (Lipinski definition) is 4. The average molecular weight is 612 g/mol. The molecule has 0 aliphatic carbocycles. The lowest BCUT2D eigenvalue weighted by Gasteiger charge is -2.23. The van der Waals surface area contributed by atoms with Crippen LogP contribution in [0.4, 0.5) is 0 Å². The van der Waals surface area contributed by atoms with Crippen LogP contribution in [0.2, 0.25) is 0 Å². The second kappa shape index (κ2) is 29.6. The third-order valence-electron chi connectivity index (χ3n) is 7.61. The lowest BCUT2D eigenvalue weighted by atomic mass is 10.0. The molecule has 0 aliphatic heterocycles. The van der Waals surface area contributed by atoms with Crippen molar-refractivity contribution in [3.63, 3.8) is 0 Å². The first-order valence-corrected chi connectivity index (χ1v) is 18.8. The second-order valence-corrected chi connectivity index (χ2v) is 13.3. The van der Waals surface area contributed by atoms with Gasteiger partial charge in [0.05, 0.1) is 17.9 Å². The normalized spacial score (nSPS) is 13.9. The summed E-state index contributed by atoms with van der Waals surface area (Å²) in [5.41, 5.74) is 0. The van der Waals surface area contributed by atoms with Gasteiger partial charge in [-0.25, -0.2) is 0 Å². The maximum atomic E-state index is 12.4. The Balaban J connectivity index is 4.00. The molecule has 0 aliphatic rings. The Bertz CT molecular complexity index is 806. The van der Waals surface area contributed by atoms with Crippen LogP contribution in [0.25, 0.3) is 0 Å². The Labute approximate surface area is 259 Å². The lowest BCUT2D eigenvalue weighted by molar-refractivity contribution is -0.122. The predicted molar refractivity (Wildman–Crippen MR) is 179 cm³/mol. The van der Waals surface area contributed by atoms with Crippen LogP contribution < -0.4 is 5.32 Å². The number of unbranched alkanes of at least 4 members (excludes halogenated alkanes) is 16. The Kier molecular flexibility index (Phi) is 28.6. The van der Waals surface area contributed by atoms with E-state index in [-0.39, 0.29) is 5.91 Å². The van der Waals surface area contributed by atoms with Gasteiger partial charge in [-0.2, -0.15) is 8.42 Å². The molecule has 0 aromatic rings. The Morgan fingerprint density at radius 3 is 1.69 bits per heavy atom. The molecule has 0 saturated heterocycles. The molecule has 0 spiro atoms. The third kappa shape index (κ3) is 30.0. The highest BCUT2D eigenvalue weighted by Gasteiger charge is 2.26. The summed E-state index contributed by atoms with van der Waals surface area (Å²) >= 11 is 0. The molecule has 2 atom stereocenters. The summed E-state index contributed by atoms with van der Waals surface area (Å²) in [5.74, 6) is -0.921. The molecule has 0 saturated carbocycles. The SMILES string of the molecule is CC/C=C\C/C=C\C/C=C\CCCCCCCC(=O)NC(CS(=O)(=O)O)C(O)CCCCCCCCCCCCCC. The van der Waals surface area contributed by atoms with Crippen LogP contribution in [0.1, 0.15) is 162 Å². The lowest BCUT2D eigenvalue weighted by Crippen LogP contribution is -2.47. The van der Waals surface area contributed by atoms with Crippen molar-refractivity contribution in [1.29, 1.82) is 0 Å². The summed E-state index contributed by atoms with van der Waals surface area (Å²) in [7, 11) is -4.31. The number of aliphatic hydroxyl groups is 1. The van der Waals surface area contributed by atoms with E-state index in [0.29, 0.717) is 12.8 Å². The van der Waals surface area contributed by atoms with Crippen LogP contribution in [0.5, 0.6) is 0 Å². The van der Waals surface area contributed by atoms with Gasteiger partial charge in [0.1, 0.15) is 0 Å². The van der Waals surface area contributed by atoms with E-state index in [2.05, 4.69) is 55.6 Å². The molecule has 3 N–H and O–H groups in total. The van der Waals surface area contributed by atoms with Gasteiger partial charge in [-0.3, -0.25) is 9.35 Å². The van der Waals surface area contributed by atoms with Crippen LogP contribution in [0, 0.1) is 0 Å². The molecule has 42 heavy (non-hydrogen) atoms. The number of hydrogen-bond donors (Lipinski definition) is 3. The van der Waals surface area contributed by atoms with Gasteiger partial charge in [0.25, 0.3) is 10.1 Å². The van der Waals surface area contributed by atoms with Gasteiger partial charge in [-0.15, -0.1) is 0 Å². The highest BCUT2D eigenvalue weighted by molar-refractivity contribution is 7.85. The van der Waals surface area contributed by atoms with E-state index in [9.17, 15) is 22.9 Å². The fourth-order valence-electron chi connectivity index (χ4n) is 5.06. The zero-order chi connectivity index (χ0) is 31.2. The van der Waals surface area contributed by atoms with Gasteiger partial charge in [0, 0.05) is 6.42 Å². The highest BCUT2D eigenvalue weighted by Crippen LogP contribution is 2.15. The second-order valence-electron chi connectivity index (χ2n) is 11.8. The molecule has 0 aromatic carbocycles.